The number of anilines is 1. The van der Waals surface area contributed by atoms with Crippen LogP contribution >= 0.6 is 0 Å². The third-order valence-electron chi connectivity index (χ3n) is 6.26. The molecule has 0 unspecified atom stereocenters. The quantitative estimate of drug-likeness (QED) is 0.307. The maximum atomic E-state index is 13.4. The molecule has 1 aliphatic rings. The second kappa shape index (κ2) is 13.1. The second-order valence-corrected chi connectivity index (χ2v) is 11.1. The van der Waals surface area contributed by atoms with E-state index in [0.29, 0.717) is 17.0 Å². The third-order valence-corrected chi connectivity index (χ3v) is 8.05. The molecule has 1 N–H and O–H groups in total. The van der Waals surface area contributed by atoms with Gasteiger partial charge >= 0.3 is 0 Å². The van der Waals surface area contributed by atoms with E-state index in [9.17, 15) is 18.0 Å². The standard InChI is InChI=1S/C29H32N4O5S/c1-23-9-8-10-25(19-23)33(39(36,37)27-11-4-2-5-12-27)21-28(34)31-30-20-24-13-15-26(16-14-24)38-22-29(35)32-17-6-3-7-18-32/h2,4-5,8-16,19-20H,3,6-7,17-18,21-22H2,1H3,(H,31,34)/b30-20-. The molecule has 1 saturated heterocycles. The van der Waals surface area contributed by atoms with Gasteiger partial charge in [0, 0.05) is 13.1 Å². The molecule has 0 atom stereocenters. The number of likely N-dealkylation sites (tertiary alicyclic amines) is 1. The molecule has 0 aliphatic carbocycles. The van der Waals surface area contributed by atoms with Gasteiger partial charge in [-0.2, -0.15) is 5.10 Å². The minimum absolute atomic E-state index is 0.00712. The zero-order chi connectivity index (χ0) is 27.7. The summed E-state index contributed by atoms with van der Waals surface area (Å²) in [4.78, 5) is 26.9. The highest BCUT2D eigenvalue weighted by Crippen LogP contribution is 2.24. The highest BCUT2D eigenvalue weighted by molar-refractivity contribution is 7.92. The van der Waals surface area contributed by atoms with Crippen LogP contribution in [0.25, 0.3) is 0 Å². The van der Waals surface area contributed by atoms with Crippen molar-refractivity contribution in [1.29, 1.82) is 0 Å². The SMILES string of the molecule is Cc1cccc(N(CC(=O)N/N=C\c2ccc(OCC(=O)N3CCCCC3)cc2)S(=O)(=O)c2ccccc2)c1. The Morgan fingerprint density at radius 2 is 1.69 bits per heavy atom. The third kappa shape index (κ3) is 7.67. The topological polar surface area (TPSA) is 108 Å². The number of carbonyl (C=O) groups is 2. The van der Waals surface area contributed by atoms with Crippen LogP contribution < -0.4 is 14.5 Å². The Bertz CT molecular complexity index is 1400. The summed E-state index contributed by atoms with van der Waals surface area (Å²) in [6.07, 6.45) is 4.67. The molecule has 1 fully saturated rings. The minimum Gasteiger partial charge on any atom is -0.484 e. The average Bonchev–Trinajstić information content (AvgIpc) is 2.96. The summed E-state index contributed by atoms with van der Waals surface area (Å²) in [5, 5.41) is 3.98. The van der Waals surface area contributed by atoms with Crippen molar-refractivity contribution >= 4 is 33.7 Å². The first kappa shape index (κ1) is 27.8. The first-order chi connectivity index (χ1) is 18.8. The van der Waals surface area contributed by atoms with Gasteiger partial charge in [0.25, 0.3) is 21.8 Å². The summed E-state index contributed by atoms with van der Waals surface area (Å²) >= 11 is 0. The molecule has 0 radical (unpaired) electrons. The van der Waals surface area contributed by atoms with Crippen LogP contribution in [0.2, 0.25) is 0 Å². The molecule has 1 heterocycles. The van der Waals surface area contributed by atoms with Crippen LogP contribution in [0, 0.1) is 6.92 Å². The van der Waals surface area contributed by atoms with E-state index in [-0.39, 0.29) is 17.4 Å². The highest BCUT2D eigenvalue weighted by atomic mass is 32.2. The van der Waals surface area contributed by atoms with Crippen molar-refractivity contribution in [2.75, 3.05) is 30.5 Å². The lowest BCUT2D eigenvalue weighted by molar-refractivity contribution is -0.134. The first-order valence-corrected chi connectivity index (χ1v) is 14.2. The first-order valence-electron chi connectivity index (χ1n) is 12.8. The van der Waals surface area contributed by atoms with Crippen LogP contribution in [0.5, 0.6) is 5.75 Å². The van der Waals surface area contributed by atoms with Gasteiger partial charge in [-0.1, -0.05) is 30.3 Å². The molecular weight excluding hydrogens is 516 g/mol. The number of aryl methyl sites for hydroxylation is 1. The lowest BCUT2D eigenvalue weighted by Crippen LogP contribution is -2.39. The van der Waals surface area contributed by atoms with Crippen molar-refractivity contribution in [3.05, 3.63) is 90.0 Å². The van der Waals surface area contributed by atoms with Gasteiger partial charge in [0.15, 0.2) is 6.61 Å². The van der Waals surface area contributed by atoms with Crippen molar-refractivity contribution in [3.8, 4) is 5.75 Å². The van der Waals surface area contributed by atoms with Crippen LogP contribution in [0.4, 0.5) is 5.69 Å². The normalized spacial score (nSPS) is 13.7. The van der Waals surface area contributed by atoms with Gasteiger partial charge in [-0.3, -0.25) is 13.9 Å². The fraction of sp³-hybridized carbons (Fsp3) is 0.276. The molecule has 0 spiro atoms. The predicted molar refractivity (Wildman–Crippen MR) is 150 cm³/mol. The van der Waals surface area contributed by atoms with Crippen LogP contribution in [-0.2, 0) is 19.6 Å². The second-order valence-electron chi connectivity index (χ2n) is 9.26. The number of carbonyl (C=O) groups excluding carboxylic acids is 2. The van der Waals surface area contributed by atoms with Gasteiger partial charge < -0.3 is 9.64 Å². The Kier molecular flexibility index (Phi) is 9.32. The molecular formula is C29H32N4O5S. The Labute approximate surface area is 229 Å². The van der Waals surface area contributed by atoms with E-state index in [0.717, 1.165) is 42.2 Å². The van der Waals surface area contributed by atoms with E-state index in [4.69, 9.17) is 4.74 Å². The van der Waals surface area contributed by atoms with E-state index in [2.05, 4.69) is 10.5 Å². The zero-order valence-electron chi connectivity index (χ0n) is 21.8. The van der Waals surface area contributed by atoms with Crippen LogP contribution in [0.1, 0.15) is 30.4 Å². The maximum absolute atomic E-state index is 13.4. The molecule has 9 nitrogen and oxygen atoms in total. The summed E-state index contributed by atoms with van der Waals surface area (Å²) in [6, 6.07) is 21.9. The lowest BCUT2D eigenvalue weighted by atomic mass is 10.1. The van der Waals surface area contributed by atoms with Gasteiger partial charge in [0.05, 0.1) is 16.8 Å². The van der Waals surface area contributed by atoms with E-state index < -0.39 is 22.5 Å². The van der Waals surface area contributed by atoms with Crippen molar-refractivity contribution in [2.24, 2.45) is 5.10 Å². The molecule has 2 amide bonds. The highest BCUT2D eigenvalue weighted by Gasteiger charge is 2.27. The van der Waals surface area contributed by atoms with Gasteiger partial charge in [-0.05, 0) is 85.8 Å². The molecule has 0 saturated carbocycles. The summed E-state index contributed by atoms with van der Waals surface area (Å²) in [5.74, 6) is -0.0538. The average molecular weight is 549 g/mol. The molecule has 1 aliphatic heterocycles. The van der Waals surface area contributed by atoms with Gasteiger partial charge in [-0.25, -0.2) is 13.8 Å². The van der Waals surface area contributed by atoms with Crippen molar-refractivity contribution in [1.82, 2.24) is 10.3 Å². The van der Waals surface area contributed by atoms with E-state index in [1.165, 1.54) is 18.3 Å². The smallest absolute Gasteiger partial charge is 0.264 e. The molecule has 3 aromatic carbocycles. The Hall–Kier alpha value is -4.18. The summed E-state index contributed by atoms with van der Waals surface area (Å²) in [6.45, 7) is 2.96. The van der Waals surface area contributed by atoms with Crippen molar-refractivity contribution in [2.45, 2.75) is 31.1 Å². The lowest BCUT2D eigenvalue weighted by Gasteiger charge is -2.26. The largest absolute Gasteiger partial charge is 0.484 e. The Morgan fingerprint density at radius 1 is 0.974 bits per heavy atom. The molecule has 0 bridgehead atoms. The molecule has 39 heavy (non-hydrogen) atoms. The summed E-state index contributed by atoms with van der Waals surface area (Å²) < 4.78 is 33.4. The summed E-state index contributed by atoms with van der Waals surface area (Å²) in [7, 11) is -3.99. The van der Waals surface area contributed by atoms with Crippen molar-refractivity contribution in [3.63, 3.8) is 0 Å². The van der Waals surface area contributed by atoms with E-state index in [1.54, 1.807) is 60.7 Å². The van der Waals surface area contributed by atoms with E-state index in [1.807, 2.05) is 17.9 Å². The van der Waals surface area contributed by atoms with Gasteiger partial charge in [-0.15, -0.1) is 0 Å². The van der Waals surface area contributed by atoms with Crippen molar-refractivity contribution < 1.29 is 22.7 Å². The number of nitrogens with one attached hydrogen (secondary N) is 1. The summed E-state index contributed by atoms with van der Waals surface area (Å²) in [5.41, 5.74) is 4.34. The number of hydrazone groups is 1. The Balaban J connectivity index is 1.35. The van der Waals surface area contributed by atoms with Crippen LogP contribution in [0.3, 0.4) is 0 Å². The minimum atomic E-state index is -3.99. The molecule has 3 aromatic rings. The van der Waals surface area contributed by atoms with Crippen LogP contribution in [-0.4, -0.2) is 57.6 Å². The predicted octanol–water partition coefficient (Wildman–Crippen LogP) is 3.73. The number of benzene rings is 3. The maximum Gasteiger partial charge on any atom is 0.264 e. The number of ether oxygens (including phenoxy) is 1. The van der Waals surface area contributed by atoms with E-state index >= 15 is 0 Å². The zero-order valence-corrected chi connectivity index (χ0v) is 22.6. The number of nitrogens with zero attached hydrogens (tertiary/aromatic N) is 3. The molecule has 4 rings (SSSR count). The van der Waals surface area contributed by atoms with Crippen LogP contribution in [0.15, 0.2) is 88.9 Å². The Morgan fingerprint density at radius 3 is 2.38 bits per heavy atom. The number of rotatable bonds is 10. The van der Waals surface area contributed by atoms with Gasteiger partial charge in [0.2, 0.25) is 0 Å². The number of hydrogen-bond acceptors (Lipinski definition) is 6. The molecule has 204 valence electrons. The monoisotopic (exact) mass is 548 g/mol. The molecule has 10 heteroatoms. The number of sulfonamides is 1. The fourth-order valence-electron chi connectivity index (χ4n) is 4.19. The number of piperidine rings is 1. The van der Waals surface area contributed by atoms with Gasteiger partial charge in [0.1, 0.15) is 12.3 Å². The number of hydrogen-bond donors (Lipinski definition) is 1. The number of amides is 2. The molecule has 0 aromatic heterocycles. The fourth-order valence-corrected chi connectivity index (χ4v) is 5.63.